The van der Waals surface area contributed by atoms with Crippen molar-refractivity contribution in [2.24, 2.45) is 0 Å². The summed E-state index contributed by atoms with van der Waals surface area (Å²) in [5.74, 6) is -0.400. The van der Waals surface area contributed by atoms with Crippen molar-refractivity contribution in [3.8, 4) is 5.69 Å². The average Bonchev–Trinajstić information content (AvgIpc) is 3.27. The molecule has 3 rings (SSSR count). The second kappa shape index (κ2) is 7.96. The van der Waals surface area contributed by atoms with E-state index in [1.54, 1.807) is 12.1 Å². The van der Waals surface area contributed by atoms with Crippen LogP contribution >= 0.6 is 11.8 Å². The Kier molecular flexibility index (Phi) is 5.67. The summed E-state index contributed by atoms with van der Waals surface area (Å²) in [7, 11) is -2.96. The fourth-order valence-electron chi connectivity index (χ4n) is 2.70. The Balaban J connectivity index is 1.52. The van der Waals surface area contributed by atoms with Gasteiger partial charge in [0.1, 0.15) is 0 Å². The van der Waals surface area contributed by atoms with E-state index >= 15 is 0 Å². The molecular formula is C17H19N3O4S2. The molecule has 138 valence electrons. The van der Waals surface area contributed by atoms with Gasteiger partial charge in [-0.3, -0.25) is 20.4 Å². The Morgan fingerprint density at radius 3 is 2.54 bits per heavy atom. The largest absolute Gasteiger partial charge is 0.323 e. The molecule has 0 bridgehead atoms. The number of nitrogens with one attached hydrogen (secondary N) is 2. The minimum Gasteiger partial charge on any atom is -0.323 e. The van der Waals surface area contributed by atoms with E-state index in [0.717, 1.165) is 0 Å². The van der Waals surface area contributed by atoms with Crippen LogP contribution in [-0.4, -0.2) is 47.3 Å². The molecule has 1 fully saturated rings. The van der Waals surface area contributed by atoms with Gasteiger partial charge in [-0.15, -0.1) is 11.8 Å². The lowest BCUT2D eigenvalue weighted by molar-refractivity contribution is -0.119. The average molecular weight is 393 g/mol. The van der Waals surface area contributed by atoms with Gasteiger partial charge in [0.05, 0.1) is 28.5 Å². The smallest absolute Gasteiger partial charge is 0.271 e. The molecule has 0 saturated carbocycles. The summed E-state index contributed by atoms with van der Waals surface area (Å²) in [4.78, 5) is 24.3. The van der Waals surface area contributed by atoms with Crippen molar-refractivity contribution < 1.29 is 18.0 Å². The third-order valence-corrected chi connectivity index (χ3v) is 7.27. The number of hydrazine groups is 1. The minimum atomic E-state index is -2.96. The molecule has 1 aliphatic rings. The van der Waals surface area contributed by atoms with Crippen molar-refractivity contribution in [1.29, 1.82) is 0 Å². The van der Waals surface area contributed by atoms with Crippen molar-refractivity contribution in [3.63, 3.8) is 0 Å². The van der Waals surface area contributed by atoms with Gasteiger partial charge in [0.2, 0.25) is 5.91 Å². The van der Waals surface area contributed by atoms with Gasteiger partial charge >= 0.3 is 0 Å². The van der Waals surface area contributed by atoms with Gasteiger partial charge in [-0.05, 0) is 30.7 Å². The highest BCUT2D eigenvalue weighted by Gasteiger charge is 2.28. The van der Waals surface area contributed by atoms with Gasteiger partial charge in [-0.1, -0.05) is 12.1 Å². The fraction of sp³-hybridized carbons (Fsp3) is 0.294. The summed E-state index contributed by atoms with van der Waals surface area (Å²) in [6.45, 7) is 0. The zero-order valence-electron chi connectivity index (χ0n) is 13.9. The molecule has 2 heterocycles. The van der Waals surface area contributed by atoms with Crippen LogP contribution in [0.3, 0.4) is 0 Å². The number of hydrogen-bond acceptors (Lipinski definition) is 5. The first kappa shape index (κ1) is 18.5. The van der Waals surface area contributed by atoms with Crippen LogP contribution in [0.5, 0.6) is 0 Å². The van der Waals surface area contributed by atoms with E-state index in [1.165, 1.54) is 11.8 Å². The highest BCUT2D eigenvalue weighted by atomic mass is 32.2. The van der Waals surface area contributed by atoms with Crippen LogP contribution in [0.4, 0.5) is 0 Å². The lowest BCUT2D eigenvalue weighted by Crippen LogP contribution is -2.43. The normalized spacial score (nSPS) is 18.4. The predicted octanol–water partition coefficient (Wildman–Crippen LogP) is 1.16. The maximum Gasteiger partial charge on any atom is 0.271 e. The van der Waals surface area contributed by atoms with Gasteiger partial charge in [0.25, 0.3) is 5.91 Å². The number of thioether (sulfide) groups is 1. The highest BCUT2D eigenvalue weighted by Crippen LogP contribution is 2.23. The van der Waals surface area contributed by atoms with Crippen molar-refractivity contribution >= 4 is 33.4 Å². The summed E-state index contributed by atoms with van der Waals surface area (Å²) in [5, 5.41) is -0.0593. The first-order valence-corrected chi connectivity index (χ1v) is 11.0. The van der Waals surface area contributed by atoms with Crippen LogP contribution < -0.4 is 10.9 Å². The van der Waals surface area contributed by atoms with E-state index in [4.69, 9.17) is 0 Å². The van der Waals surface area contributed by atoms with Crippen LogP contribution in [0.15, 0.2) is 48.8 Å². The SMILES string of the molecule is O=C(CS[C@H]1CCS(=O)(=O)C1)NNC(=O)c1ccccc1-n1cccc1. The van der Waals surface area contributed by atoms with Crippen molar-refractivity contribution in [2.75, 3.05) is 17.3 Å². The number of nitrogens with zero attached hydrogens (tertiary/aromatic N) is 1. The molecule has 1 saturated heterocycles. The van der Waals surface area contributed by atoms with Crippen LogP contribution in [-0.2, 0) is 14.6 Å². The van der Waals surface area contributed by atoms with Crippen LogP contribution in [0.25, 0.3) is 5.69 Å². The van der Waals surface area contributed by atoms with Gasteiger partial charge in [0, 0.05) is 17.6 Å². The second-order valence-corrected chi connectivity index (χ2v) is 9.46. The first-order valence-electron chi connectivity index (χ1n) is 8.08. The number of hydrogen-bond donors (Lipinski definition) is 2. The van der Waals surface area contributed by atoms with E-state index in [9.17, 15) is 18.0 Å². The molecule has 2 amide bonds. The van der Waals surface area contributed by atoms with Crippen LogP contribution in [0.1, 0.15) is 16.8 Å². The summed E-state index contributed by atoms with van der Waals surface area (Å²) in [6.07, 6.45) is 4.23. The maximum atomic E-state index is 12.4. The Morgan fingerprint density at radius 1 is 1.12 bits per heavy atom. The monoisotopic (exact) mass is 393 g/mol. The molecule has 2 N–H and O–H groups in total. The molecule has 2 aromatic rings. The molecule has 9 heteroatoms. The van der Waals surface area contributed by atoms with Crippen molar-refractivity contribution in [3.05, 3.63) is 54.4 Å². The van der Waals surface area contributed by atoms with Crippen LogP contribution in [0.2, 0.25) is 0 Å². The number of carbonyl (C=O) groups is 2. The molecule has 1 atom stereocenters. The molecule has 7 nitrogen and oxygen atoms in total. The summed E-state index contributed by atoms with van der Waals surface area (Å²) in [6, 6.07) is 10.8. The molecule has 1 aliphatic heterocycles. The van der Waals surface area contributed by atoms with Gasteiger partial charge < -0.3 is 4.57 Å². The van der Waals surface area contributed by atoms with Crippen molar-refractivity contribution in [2.45, 2.75) is 11.7 Å². The van der Waals surface area contributed by atoms with E-state index in [1.807, 2.05) is 41.2 Å². The van der Waals surface area contributed by atoms with Gasteiger partial charge in [0.15, 0.2) is 9.84 Å². The summed E-state index contributed by atoms with van der Waals surface area (Å²) >= 11 is 1.30. The molecular weight excluding hydrogens is 374 g/mol. The zero-order valence-corrected chi connectivity index (χ0v) is 15.6. The molecule has 0 spiro atoms. The van der Waals surface area contributed by atoms with Gasteiger partial charge in [-0.25, -0.2) is 8.42 Å². The zero-order chi connectivity index (χ0) is 18.6. The quantitative estimate of drug-likeness (QED) is 0.743. The summed E-state index contributed by atoms with van der Waals surface area (Å²) < 4.78 is 24.6. The third kappa shape index (κ3) is 4.67. The number of benzene rings is 1. The molecule has 0 radical (unpaired) electrons. The van der Waals surface area contributed by atoms with Crippen molar-refractivity contribution in [1.82, 2.24) is 15.4 Å². The molecule has 1 aromatic carbocycles. The van der Waals surface area contributed by atoms with E-state index in [2.05, 4.69) is 10.9 Å². The van der Waals surface area contributed by atoms with E-state index in [0.29, 0.717) is 17.7 Å². The highest BCUT2D eigenvalue weighted by molar-refractivity contribution is 8.02. The van der Waals surface area contributed by atoms with E-state index < -0.39 is 15.7 Å². The number of aromatic nitrogens is 1. The molecule has 26 heavy (non-hydrogen) atoms. The second-order valence-electron chi connectivity index (χ2n) is 5.95. The third-order valence-electron chi connectivity index (χ3n) is 3.99. The molecule has 0 aliphatic carbocycles. The topological polar surface area (TPSA) is 97.3 Å². The number of carbonyl (C=O) groups excluding carboxylic acids is 2. The standard InChI is InChI=1S/C17H19N3O4S2/c21-16(11-25-13-7-10-26(23,24)12-13)18-19-17(22)14-5-1-2-6-15(14)20-8-3-4-9-20/h1-6,8-9,13H,7,10-12H2,(H,18,21)(H,19,22)/t13-/m0/s1. The van der Waals surface area contributed by atoms with E-state index in [-0.39, 0.29) is 28.4 Å². The molecule has 0 unspecified atom stereocenters. The number of sulfone groups is 1. The van der Waals surface area contributed by atoms with Gasteiger partial charge in [-0.2, -0.15) is 0 Å². The maximum absolute atomic E-state index is 12.4. The number of para-hydroxylation sites is 1. The fourth-order valence-corrected chi connectivity index (χ4v) is 6.14. The summed E-state index contributed by atoms with van der Waals surface area (Å²) in [5.41, 5.74) is 5.92. The lowest BCUT2D eigenvalue weighted by atomic mass is 10.1. The Bertz CT molecular complexity index is 894. The first-order chi connectivity index (χ1) is 12.4. The lowest BCUT2D eigenvalue weighted by Gasteiger charge is -2.12. The predicted molar refractivity (Wildman–Crippen MR) is 101 cm³/mol. The Labute approximate surface area is 156 Å². The number of rotatable bonds is 5. The molecule has 1 aromatic heterocycles. The van der Waals surface area contributed by atoms with Crippen LogP contribution in [0, 0.1) is 0 Å². The Hall–Kier alpha value is -2.26. The Morgan fingerprint density at radius 2 is 1.85 bits per heavy atom. The number of amides is 2. The minimum absolute atomic E-state index is 0.0593.